The number of carbonyl (C=O) groups is 1. The van der Waals surface area contributed by atoms with Crippen LogP contribution in [0.3, 0.4) is 0 Å². The van der Waals surface area contributed by atoms with Crippen LogP contribution in [0.4, 0.5) is 0 Å². The Hall–Kier alpha value is -2.04. The largest absolute Gasteiger partial charge is 0.489 e. The summed E-state index contributed by atoms with van der Waals surface area (Å²) in [7, 11) is 0. The van der Waals surface area contributed by atoms with Crippen LogP contribution in [0.2, 0.25) is 0 Å². The summed E-state index contributed by atoms with van der Waals surface area (Å²) in [5.41, 5.74) is 8.07. The zero-order valence-corrected chi connectivity index (χ0v) is 15.0. The molecule has 1 aliphatic rings. The first kappa shape index (κ1) is 19.3. The van der Waals surface area contributed by atoms with E-state index < -0.39 is 0 Å². The van der Waals surface area contributed by atoms with Crippen molar-refractivity contribution in [2.75, 3.05) is 0 Å². The third-order valence-corrected chi connectivity index (χ3v) is 4.48. The molecule has 0 bridgehead atoms. The Labute approximate surface area is 155 Å². The van der Waals surface area contributed by atoms with E-state index in [1.54, 1.807) is 0 Å². The van der Waals surface area contributed by atoms with Gasteiger partial charge in [0.1, 0.15) is 12.4 Å². The third kappa shape index (κ3) is 5.76. The van der Waals surface area contributed by atoms with Gasteiger partial charge in [-0.25, -0.2) is 0 Å². The number of carbonyl (C=O) groups excluding carboxylic acids is 1. The molecule has 25 heavy (non-hydrogen) atoms. The average Bonchev–Trinajstić information content (AvgIpc) is 3.06. The van der Waals surface area contributed by atoms with Crippen LogP contribution in [0.1, 0.15) is 30.4 Å². The van der Waals surface area contributed by atoms with E-state index in [0.29, 0.717) is 13.2 Å². The Morgan fingerprint density at radius 3 is 2.40 bits per heavy atom. The Morgan fingerprint density at radius 1 is 1.04 bits per heavy atom. The van der Waals surface area contributed by atoms with Crippen molar-refractivity contribution in [2.45, 2.75) is 38.5 Å². The van der Waals surface area contributed by atoms with Gasteiger partial charge in [0.2, 0.25) is 5.91 Å². The van der Waals surface area contributed by atoms with Crippen molar-refractivity contribution in [3.63, 3.8) is 0 Å². The molecule has 0 aromatic heterocycles. The average molecular weight is 361 g/mol. The fourth-order valence-electron chi connectivity index (χ4n) is 3.03. The molecule has 4 nitrogen and oxygen atoms in total. The van der Waals surface area contributed by atoms with Crippen LogP contribution in [0.25, 0.3) is 0 Å². The lowest BCUT2D eigenvalue weighted by Gasteiger charge is -2.11. The normalized spacial score (nSPS) is 19.1. The number of hydrogen-bond acceptors (Lipinski definition) is 3. The van der Waals surface area contributed by atoms with Crippen molar-refractivity contribution < 1.29 is 9.53 Å². The summed E-state index contributed by atoms with van der Waals surface area (Å²) in [5, 5.41) is 3.00. The summed E-state index contributed by atoms with van der Waals surface area (Å²) >= 11 is 0. The summed E-state index contributed by atoms with van der Waals surface area (Å²) in [5.74, 6) is 1.02. The van der Waals surface area contributed by atoms with Crippen LogP contribution in [-0.2, 0) is 17.9 Å². The van der Waals surface area contributed by atoms with Gasteiger partial charge in [0.15, 0.2) is 0 Å². The molecule has 2 aromatic rings. The first-order chi connectivity index (χ1) is 11.7. The van der Waals surface area contributed by atoms with Gasteiger partial charge in [0.05, 0.1) is 0 Å². The predicted octanol–water partition coefficient (Wildman–Crippen LogP) is 3.43. The van der Waals surface area contributed by atoms with Crippen molar-refractivity contribution >= 4 is 18.3 Å². The number of benzene rings is 2. The van der Waals surface area contributed by atoms with Crippen molar-refractivity contribution in [3.05, 3.63) is 65.7 Å². The number of nitrogens with two attached hydrogens (primary N) is 1. The van der Waals surface area contributed by atoms with Crippen molar-refractivity contribution in [3.8, 4) is 5.75 Å². The maximum atomic E-state index is 12.1. The summed E-state index contributed by atoms with van der Waals surface area (Å²) < 4.78 is 5.76. The van der Waals surface area contributed by atoms with E-state index in [2.05, 4.69) is 5.32 Å². The molecule has 5 heteroatoms. The first-order valence-corrected chi connectivity index (χ1v) is 8.49. The molecule has 3 rings (SSSR count). The van der Waals surface area contributed by atoms with Gasteiger partial charge >= 0.3 is 0 Å². The number of nitrogens with one attached hydrogen (secondary N) is 1. The van der Waals surface area contributed by atoms with Gasteiger partial charge < -0.3 is 15.8 Å². The highest BCUT2D eigenvalue weighted by atomic mass is 35.5. The predicted molar refractivity (Wildman–Crippen MR) is 102 cm³/mol. The molecule has 1 fully saturated rings. The second kappa shape index (κ2) is 9.44. The Bertz CT molecular complexity index is 661. The van der Waals surface area contributed by atoms with Gasteiger partial charge in [-0.3, -0.25) is 4.79 Å². The number of amides is 1. The fourth-order valence-corrected chi connectivity index (χ4v) is 3.03. The van der Waals surface area contributed by atoms with Gasteiger partial charge in [-0.15, -0.1) is 12.4 Å². The molecule has 1 amide bonds. The molecular formula is C20H25ClN2O2. The molecule has 3 N–H and O–H groups in total. The third-order valence-electron chi connectivity index (χ3n) is 4.48. The maximum Gasteiger partial charge on any atom is 0.223 e. The highest BCUT2D eigenvalue weighted by molar-refractivity contribution is 5.85. The van der Waals surface area contributed by atoms with Crippen molar-refractivity contribution in [1.82, 2.24) is 5.32 Å². The zero-order valence-electron chi connectivity index (χ0n) is 14.2. The van der Waals surface area contributed by atoms with E-state index in [4.69, 9.17) is 10.5 Å². The van der Waals surface area contributed by atoms with Gasteiger partial charge in [-0.05, 0) is 42.5 Å². The van der Waals surface area contributed by atoms with Gasteiger partial charge in [0, 0.05) is 18.5 Å². The van der Waals surface area contributed by atoms with Crippen molar-refractivity contribution in [2.24, 2.45) is 11.7 Å². The fraction of sp³-hybridized carbons (Fsp3) is 0.350. The quantitative estimate of drug-likeness (QED) is 0.829. The minimum Gasteiger partial charge on any atom is -0.489 e. The Balaban J connectivity index is 0.00000225. The van der Waals surface area contributed by atoms with Crippen LogP contribution < -0.4 is 15.8 Å². The molecule has 1 aliphatic carbocycles. The highest BCUT2D eigenvalue weighted by Crippen LogP contribution is 2.24. The molecule has 2 atom stereocenters. The summed E-state index contributed by atoms with van der Waals surface area (Å²) in [6.07, 6.45) is 2.66. The number of halogens is 1. The summed E-state index contributed by atoms with van der Waals surface area (Å²) in [6.45, 7) is 1.10. The van der Waals surface area contributed by atoms with Crippen molar-refractivity contribution in [1.29, 1.82) is 0 Å². The number of rotatable bonds is 6. The monoisotopic (exact) mass is 360 g/mol. The molecule has 0 saturated heterocycles. The number of ether oxygens (including phenoxy) is 1. The Kier molecular flexibility index (Phi) is 7.29. The van der Waals surface area contributed by atoms with E-state index >= 15 is 0 Å². The zero-order chi connectivity index (χ0) is 16.8. The minimum absolute atomic E-state index is 0. The smallest absolute Gasteiger partial charge is 0.223 e. The molecule has 0 aliphatic heterocycles. The summed E-state index contributed by atoms with van der Waals surface area (Å²) in [4.78, 5) is 12.1. The molecule has 1 saturated carbocycles. The molecule has 0 heterocycles. The van der Waals surface area contributed by atoms with E-state index in [1.165, 1.54) is 0 Å². The minimum atomic E-state index is 0. The molecular weight excluding hydrogens is 336 g/mol. The lowest BCUT2D eigenvalue weighted by Crippen LogP contribution is -2.29. The van der Waals surface area contributed by atoms with Gasteiger partial charge in [0.25, 0.3) is 0 Å². The van der Waals surface area contributed by atoms with E-state index in [1.807, 2.05) is 54.6 Å². The van der Waals surface area contributed by atoms with E-state index in [-0.39, 0.29) is 30.3 Å². The SMILES string of the molecule is Cl.NC1CCC(C(=O)NCc2ccc(OCc3ccccc3)cc2)C1. The molecule has 2 unspecified atom stereocenters. The molecule has 134 valence electrons. The maximum absolute atomic E-state index is 12.1. The van der Waals surface area contributed by atoms with Gasteiger partial charge in [-0.2, -0.15) is 0 Å². The van der Waals surface area contributed by atoms with E-state index in [9.17, 15) is 4.79 Å². The summed E-state index contributed by atoms with van der Waals surface area (Å²) in [6, 6.07) is 18.1. The molecule has 0 radical (unpaired) electrons. The Morgan fingerprint density at radius 2 is 1.76 bits per heavy atom. The topological polar surface area (TPSA) is 64.4 Å². The van der Waals surface area contributed by atoms with Crippen LogP contribution in [-0.4, -0.2) is 11.9 Å². The van der Waals surface area contributed by atoms with Crippen LogP contribution in [0.15, 0.2) is 54.6 Å². The standard InChI is InChI=1S/C20H24N2O2.ClH/c21-18-9-8-17(12-18)20(23)22-13-15-6-10-19(11-7-15)24-14-16-4-2-1-3-5-16;/h1-7,10-11,17-18H,8-9,12-14,21H2,(H,22,23);1H. The number of hydrogen-bond donors (Lipinski definition) is 2. The lowest BCUT2D eigenvalue weighted by molar-refractivity contribution is -0.125. The lowest BCUT2D eigenvalue weighted by atomic mass is 10.1. The second-order valence-corrected chi connectivity index (χ2v) is 6.41. The highest BCUT2D eigenvalue weighted by Gasteiger charge is 2.27. The first-order valence-electron chi connectivity index (χ1n) is 8.49. The van der Waals surface area contributed by atoms with Crippen LogP contribution in [0, 0.1) is 5.92 Å². The van der Waals surface area contributed by atoms with Crippen LogP contribution >= 0.6 is 12.4 Å². The van der Waals surface area contributed by atoms with Gasteiger partial charge in [-0.1, -0.05) is 42.5 Å². The van der Waals surface area contributed by atoms with E-state index in [0.717, 1.165) is 36.1 Å². The molecule has 0 spiro atoms. The van der Waals surface area contributed by atoms with Crippen LogP contribution in [0.5, 0.6) is 5.75 Å². The molecule has 2 aromatic carbocycles. The second-order valence-electron chi connectivity index (χ2n) is 6.41.